The predicted octanol–water partition coefficient (Wildman–Crippen LogP) is 1.73. The maximum absolute atomic E-state index is 13.2. The van der Waals surface area contributed by atoms with Crippen molar-refractivity contribution in [3.05, 3.63) is 0 Å². The van der Waals surface area contributed by atoms with E-state index in [1.165, 1.54) is 0 Å². The molecule has 0 aromatic rings. The molecule has 1 saturated heterocycles. The molecule has 1 rings (SSSR count). The highest BCUT2D eigenvalue weighted by molar-refractivity contribution is 4.98. The van der Waals surface area contributed by atoms with Crippen LogP contribution in [0.1, 0.15) is 27.2 Å². The zero-order valence-corrected chi connectivity index (χ0v) is 6.95. The normalized spacial score (nSPS) is 41.1. The van der Waals surface area contributed by atoms with Gasteiger partial charge in [-0.15, -0.1) is 0 Å². The maximum Gasteiger partial charge on any atom is 0.119 e. The van der Waals surface area contributed by atoms with Crippen LogP contribution in [0.15, 0.2) is 0 Å². The molecule has 10 heavy (non-hydrogen) atoms. The largest absolute Gasteiger partial charge is 0.309 e. The second kappa shape index (κ2) is 2.50. The Kier molecular flexibility index (Phi) is 1.99. The second-order valence-corrected chi connectivity index (χ2v) is 3.62. The van der Waals surface area contributed by atoms with E-state index >= 15 is 0 Å². The maximum atomic E-state index is 13.2. The van der Waals surface area contributed by atoms with E-state index in [0.29, 0.717) is 12.3 Å². The summed E-state index contributed by atoms with van der Waals surface area (Å²) >= 11 is 0. The van der Waals surface area contributed by atoms with Crippen LogP contribution in [0, 0.1) is 5.92 Å². The highest BCUT2D eigenvalue weighted by atomic mass is 19.1. The summed E-state index contributed by atoms with van der Waals surface area (Å²) in [5, 5.41) is 3.21. The first-order valence-electron chi connectivity index (χ1n) is 3.96. The molecular formula is C8H16FN. The average Bonchev–Trinajstić information content (AvgIpc) is 2.15. The van der Waals surface area contributed by atoms with Crippen molar-refractivity contribution >= 4 is 0 Å². The van der Waals surface area contributed by atoms with Gasteiger partial charge in [0.2, 0.25) is 0 Å². The van der Waals surface area contributed by atoms with Crippen LogP contribution in [-0.4, -0.2) is 18.3 Å². The fourth-order valence-electron chi connectivity index (χ4n) is 1.44. The standard InChI is InChI=1S/C8H16FN/c1-6(2)8(3)7(9)4-5-10-8/h6-7,10H,4-5H2,1-3H3. The smallest absolute Gasteiger partial charge is 0.119 e. The van der Waals surface area contributed by atoms with Gasteiger partial charge in [-0.05, 0) is 25.8 Å². The minimum Gasteiger partial charge on any atom is -0.309 e. The van der Waals surface area contributed by atoms with Gasteiger partial charge in [-0.2, -0.15) is 0 Å². The van der Waals surface area contributed by atoms with E-state index in [2.05, 4.69) is 19.2 Å². The van der Waals surface area contributed by atoms with E-state index < -0.39 is 6.17 Å². The molecule has 2 atom stereocenters. The van der Waals surface area contributed by atoms with Crippen LogP contribution in [0.5, 0.6) is 0 Å². The molecule has 0 bridgehead atoms. The third-order valence-corrected chi connectivity index (χ3v) is 2.75. The van der Waals surface area contributed by atoms with E-state index in [0.717, 1.165) is 6.54 Å². The van der Waals surface area contributed by atoms with Crippen LogP contribution in [0.4, 0.5) is 4.39 Å². The molecule has 2 heteroatoms. The van der Waals surface area contributed by atoms with E-state index in [1.54, 1.807) is 0 Å². The molecule has 0 radical (unpaired) electrons. The number of hydrogen-bond donors (Lipinski definition) is 1. The van der Waals surface area contributed by atoms with Crippen LogP contribution in [0.3, 0.4) is 0 Å². The lowest BCUT2D eigenvalue weighted by Crippen LogP contribution is -2.47. The molecule has 2 unspecified atom stereocenters. The van der Waals surface area contributed by atoms with Gasteiger partial charge in [0.15, 0.2) is 0 Å². The Morgan fingerprint density at radius 2 is 2.20 bits per heavy atom. The van der Waals surface area contributed by atoms with Crippen LogP contribution < -0.4 is 5.32 Å². The molecule has 1 aliphatic rings. The number of rotatable bonds is 1. The van der Waals surface area contributed by atoms with Crippen LogP contribution in [0.25, 0.3) is 0 Å². The minimum absolute atomic E-state index is 0.264. The van der Waals surface area contributed by atoms with Gasteiger partial charge < -0.3 is 5.32 Å². The topological polar surface area (TPSA) is 12.0 Å². The van der Waals surface area contributed by atoms with Gasteiger partial charge in [-0.25, -0.2) is 4.39 Å². The summed E-state index contributed by atoms with van der Waals surface area (Å²) in [5.74, 6) is 0.380. The number of alkyl halides is 1. The molecule has 0 aliphatic carbocycles. The van der Waals surface area contributed by atoms with Crippen molar-refractivity contribution in [3.63, 3.8) is 0 Å². The van der Waals surface area contributed by atoms with E-state index in [1.807, 2.05) is 6.92 Å². The van der Waals surface area contributed by atoms with Crippen molar-refractivity contribution in [3.8, 4) is 0 Å². The van der Waals surface area contributed by atoms with Crippen molar-refractivity contribution in [1.29, 1.82) is 0 Å². The van der Waals surface area contributed by atoms with Gasteiger partial charge in [0.25, 0.3) is 0 Å². The van der Waals surface area contributed by atoms with Gasteiger partial charge in [-0.1, -0.05) is 13.8 Å². The summed E-state index contributed by atoms with van der Waals surface area (Å²) in [6, 6.07) is 0. The Hall–Kier alpha value is -0.110. The zero-order valence-electron chi connectivity index (χ0n) is 6.95. The molecule has 0 aromatic heterocycles. The molecular weight excluding hydrogens is 129 g/mol. The zero-order chi connectivity index (χ0) is 7.78. The summed E-state index contributed by atoms with van der Waals surface area (Å²) in [7, 11) is 0. The van der Waals surface area contributed by atoms with Gasteiger partial charge in [0.05, 0.1) is 0 Å². The molecule has 1 fully saturated rings. The lowest BCUT2D eigenvalue weighted by molar-refractivity contribution is 0.166. The van der Waals surface area contributed by atoms with E-state index in [9.17, 15) is 4.39 Å². The molecule has 1 heterocycles. The summed E-state index contributed by atoms with van der Waals surface area (Å²) in [4.78, 5) is 0. The van der Waals surface area contributed by atoms with Crippen LogP contribution in [-0.2, 0) is 0 Å². The number of nitrogens with one attached hydrogen (secondary N) is 1. The molecule has 0 spiro atoms. The minimum atomic E-state index is -0.660. The lowest BCUT2D eigenvalue weighted by Gasteiger charge is -2.31. The van der Waals surface area contributed by atoms with Crippen molar-refractivity contribution in [2.45, 2.75) is 38.9 Å². The average molecular weight is 145 g/mol. The second-order valence-electron chi connectivity index (χ2n) is 3.62. The monoisotopic (exact) mass is 145 g/mol. The molecule has 1 aliphatic heterocycles. The number of halogens is 1. The first-order valence-corrected chi connectivity index (χ1v) is 3.96. The Morgan fingerprint density at radius 3 is 2.40 bits per heavy atom. The summed E-state index contributed by atoms with van der Waals surface area (Å²) < 4.78 is 13.2. The first-order chi connectivity index (χ1) is 4.57. The third kappa shape index (κ3) is 1.05. The van der Waals surface area contributed by atoms with Gasteiger partial charge in [0.1, 0.15) is 6.17 Å². The Labute approximate surface area is 62.0 Å². The summed E-state index contributed by atoms with van der Waals surface area (Å²) in [6.45, 7) is 6.92. The van der Waals surface area contributed by atoms with E-state index in [-0.39, 0.29) is 5.54 Å². The van der Waals surface area contributed by atoms with Crippen molar-refractivity contribution < 1.29 is 4.39 Å². The molecule has 1 nitrogen and oxygen atoms in total. The first kappa shape index (κ1) is 7.99. The Balaban J connectivity index is 2.66. The molecule has 0 amide bonds. The fourth-order valence-corrected chi connectivity index (χ4v) is 1.44. The molecule has 0 saturated carbocycles. The van der Waals surface area contributed by atoms with Crippen LogP contribution in [0.2, 0.25) is 0 Å². The lowest BCUT2D eigenvalue weighted by atomic mass is 9.86. The van der Waals surface area contributed by atoms with Crippen molar-refractivity contribution in [1.82, 2.24) is 5.32 Å². The van der Waals surface area contributed by atoms with Gasteiger partial charge >= 0.3 is 0 Å². The Morgan fingerprint density at radius 1 is 1.60 bits per heavy atom. The van der Waals surface area contributed by atoms with E-state index in [4.69, 9.17) is 0 Å². The van der Waals surface area contributed by atoms with Crippen LogP contribution >= 0.6 is 0 Å². The number of hydrogen-bond acceptors (Lipinski definition) is 1. The highest BCUT2D eigenvalue weighted by Gasteiger charge is 2.40. The molecule has 1 N–H and O–H groups in total. The SMILES string of the molecule is CC(C)C1(C)NCCC1F. The quantitative estimate of drug-likeness (QED) is 0.592. The third-order valence-electron chi connectivity index (χ3n) is 2.75. The van der Waals surface area contributed by atoms with Gasteiger partial charge in [-0.3, -0.25) is 0 Å². The van der Waals surface area contributed by atoms with Crippen molar-refractivity contribution in [2.24, 2.45) is 5.92 Å². The Bertz CT molecular complexity index is 124. The van der Waals surface area contributed by atoms with Gasteiger partial charge in [0, 0.05) is 5.54 Å². The fraction of sp³-hybridized carbons (Fsp3) is 1.00. The highest BCUT2D eigenvalue weighted by Crippen LogP contribution is 2.29. The summed E-state index contributed by atoms with van der Waals surface area (Å²) in [6.07, 6.45) is 0.0156. The molecule has 60 valence electrons. The summed E-state index contributed by atoms with van der Waals surface area (Å²) in [5.41, 5.74) is -0.264. The predicted molar refractivity (Wildman–Crippen MR) is 40.8 cm³/mol. The molecule has 0 aromatic carbocycles. The van der Waals surface area contributed by atoms with Crippen molar-refractivity contribution in [2.75, 3.05) is 6.54 Å².